The number of fused-ring (bicyclic) bond motifs is 2. The van der Waals surface area contributed by atoms with Crippen LogP contribution in [0, 0.1) is 0 Å². The molecule has 1 fully saturated rings. The topological polar surface area (TPSA) is 165 Å². The van der Waals surface area contributed by atoms with E-state index >= 15 is 0 Å². The molecule has 5 rings (SSSR count). The third-order valence-corrected chi connectivity index (χ3v) is 9.30. The minimum absolute atomic E-state index is 0. The molecule has 0 aromatic heterocycles. The van der Waals surface area contributed by atoms with Crippen molar-refractivity contribution in [2.75, 3.05) is 40.4 Å². The molecule has 1 atom stereocenters. The summed E-state index contributed by atoms with van der Waals surface area (Å²) in [5.41, 5.74) is 4.05. The maximum Gasteiger partial charge on any atom is 0.397 e. The first-order chi connectivity index (χ1) is 19.8. The zero-order valence-electron chi connectivity index (χ0n) is 23.4. The van der Waals surface area contributed by atoms with Crippen molar-refractivity contribution in [3.8, 4) is 0 Å². The molecule has 1 unspecified atom stereocenters. The van der Waals surface area contributed by atoms with Crippen molar-refractivity contribution in [2.45, 2.75) is 28.8 Å². The SMILES string of the molecule is COS(=O)(=O)O.COS(=O)(=O)O.Clc1ccc2c(c1)CC(N1CCN(Cc3ccccc3)CC1)c1cccc(Cl)c1S2.O. The van der Waals surface area contributed by atoms with Gasteiger partial charge in [-0.25, -0.2) is 0 Å². The summed E-state index contributed by atoms with van der Waals surface area (Å²) in [5, 5.41) is 1.64. The second-order valence-electron chi connectivity index (χ2n) is 9.22. The molecule has 3 aromatic rings. The fourth-order valence-corrected chi connectivity index (χ4v) is 6.14. The summed E-state index contributed by atoms with van der Waals surface area (Å²) >= 11 is 14.8. The highest BCUT2D eigenvalue weighted by Gasteiger charge is 2.31. The molecular weight excluding hydrogens is 663 g/mol. The van der Waals surface area contributed by atoms with Gasteiger partial charge in [-0.15, -0.1) is 0 Å². The lowest BCUT2D eigenvalue weighted by molar-refractivity contribution is 0.0902. The van der Waals surface area contributed by atoms with E-state index in [1.54, 1.807) is 11.8 Å². The van der Waals surface area contributed by atoms with Gasteiger partial charge in [-0.2, -0.15) is 16.8 Å². The van der Waals surface area contributed by atoms with Crippen LogP contribution in [0.25, 0.3) is 0 Å². The fraction of sp³-hybridized carbons (Fsp3) is 0.333. The Morgan fingerprint density at radius 1 is 0.860 bits per heavy atom. The molecule has 2 heterocycles. The number of benzene rings is 3. The molecule has 2 aliphatic rings. The highest BCUT2D eigenvalue weighted by molar-refractivity contribution is 7.99. The smallest absolute Gasteiger partial charge is 0.397 e. The molecule has 238 valence electrons. The van der Waals surface area contributed by atoms with Gasteiger partial charge in [-0.1, -0.05) is 77.4 Å². The van der Waals surface area contributed by atoms with E-state index in [2.05, 4.69) is 72.8 Å². The maximum absolute atomic E-state index is 9.33. The van der Waals surface area contributed by atoms with Crippen LogP contribution in [0.1, 0.15) is 22.7 Å². The van der Waals surface area contributed by atoms with Gasteiger partial charge in [0, 0.05) is 53.6 Å². The van der Waals surface area contributed by atoms with Crippen molar-refractivity contribution in [3.63, 3.8) is 0 Å². The molecule has 3 aromatic carbocycles. The Kier molecular flexibility index (Phi) is 14.8. The van der Waals surface area contributed by atoms with Gasteiger partial charge in [0.05, 0.1) is 19.2 Å². The normalized spacial score (nSPS) is 17.0. The molecule has 0 spiro atoms. The van der Waals surface area contributed by atoms with E-state index in [0.717, 1.165) is 63.4 Å². The van der Waals surface area contributed by atoms with Crippen LogP contribution >= 0.6 is 35.0 Å². The van der Waals surface area contributed by atoms with Crippen molar-refractivity contribution in [1.29, 1.82) is 0 Å². The van der Waals surface area contributed by atoms with Crippen LogP contribution in [0.2, 0.25) is 10.0 Å². The second-order valence-corrected chi connectivity index (χ2v) is 13.5. The molecule has 43 heavy (non-hydrogen) atoms. The number of piperazine rings is 1. The van der Waals surface area contributed by atoms with Crippen molar-refractivity contribution in [3.05, 3.63) is 93.5 Å². The zero-order chi connectivity index (χ0) is 30.9. The molecule has 0 bridgehead atoms. The van der Waals surface area contributed by atoms with E-state index in [-0.39, 0.29) is 5.48 Å². The van der Waals surface area contributed by atoms with Crippen LogP contribution in [0.4, 0.5) is 0 Å². The van der Waals surface area contributed by atoms with Crippen LogP contribution in [0.5, 0.6) is 0 Å². The van der Waals surface area contributed by atoms with Gasteiger partial charge in [0.2, 0.25) is 0 Å². The van der Waals surface area contributed by atoms with E-state index < -0.39 is 20.8 Å². The van der Waals surface area contributed by atoms with Gasteiger partial charge >= 0.3 is 20.8 Å². The van der Waals surface area contributed by atoms with Gasteiger partial charge in [-0.3, -0.25) is 27.3 Å². The molecule has 0 saturated carbocycles. The Labute approximate surface area is 266 Å². The molecule has 0 aliphatic carbocycles. The van der Waals surface area contributed by atoms with E-state index in [1.807, 2.05) is 12.1 Å². The monoisotopic (exact) mass is 696 g/mol. The van der Waals surface area contributed by atoms with Crippen molar-refractivity contribution in [2.24, 2.45) is 0 Å². The Morgan fingerprint density at radius 3 is 2.00 bits per heavy atom. The molecule has 2 aliphatic heterocycles. The van der Waals surface area contributed by atoms with Crippen molar-refractivity contribution in [1.82, 2.24) is 9.80 Å². The number of halogens is 2. The van der Waals surface area contributed by atoms with Crippen LogP contribution in [-0.2, 0) is 42.1 Å². The Hall–Kier alpha value is -1.79. The predicted molar refractivity (Wildman–Crippen MR) is 167 cm³/mol. The quantitative estimate of drug-likeness (QED) is 0.358. The van der Waals surface area contributed by atoms with Gasteiger partial charge in [0.1, 0.15) is 0 Å². The van der Waals surface area contributed by atoms with Gasteiger partial charge in [0.25, 0.3) is 0 Å². The lowest BCUT2D eigenvalue weighted by Gasteiger charge is -2.39. The van der Waals surface area contributed by atoms with Crippen LogP contribution in [-0.4, -0.2) is 81.6 Å². The summed E-state index contributed by atoms with van der Waals surface area (Å²) in [7, 11) is -6.58. The largest absolute Gasteiger partial charge is 0.412 e. The Morgan fingerprint density at radius 2 is 1.44 bits per heavy atom. The predicted octanol–water partition coefficient (Wildman–Crippen LogP) is 4.61. The summed E-state index contributed by atoms with van der Waals surface area (Å²) in [4.78, 5) is 7.64. The number of rotatable bonds is 5. The molecule has 0 amide bonds. The summed E-state index contributed by atoms with van der Waals surface area (Å²) < 4.78 is 59.4. The Balaban J connectivity index is 0.000000423. The van der Waals surface area contributed by atoms with E-state index in [9.17, 15) is 16.8 Å². The first kappa shape index (κ1) is 37.4. The number of nitrogens with zero attached hydrogens (tertiary/aromatic N) is 2. The lowest BCUT2D eigenvalue weighted by atomic mass is 9.96. The van der Waals surface area contributed by atoms with Crippen LogP contribution in [0.3, 0.4) is 0 Å². The zero-order valence-corrected chi connectivity index (χ0v) is 27.4. The van der Waals surface area contributed by atoms with Crippen LogP contribution < -0.4 is 0 Å². The standard InChI is InChI=1S/C25H24Cl2N2S.2CH4O4S.H2O/c26-20-9-10-24-19(15-20)16-23(21-7-4-8-22(27)25(21)30-24)29-13-11-28(12-14-29)17-18-5-2-1-3-6-18;2*1-5-6(2,3)4;/h1-10,15,23H,11-14,16-17H2;2*1H3,(H,2,3,4);1H2. The van der Waals surface area contributed by atoms with E-state index in [4.69, 9.17) is 32.3 Å². The summed E-state index contributed by atoms with van der Waals surface area (Å²) in [6.45, 7) is 5.30. The Bertz CT molecular complexity index is 1510. The average molecular weight is 698 g/mol. The van der Waals surface area contributed by atoms with Crippen molar-refractivity contribution < 1.29 is 39.8 Å². The summed E-state index contributed by atoms with van der Waals surface area (Å²) in [6, 6.07) is 23.7. The lowest BCUT2D eigenvalue weighted by Crippen LogP contribution is -2.47. The van der Waals surface area contributed by atoms with Gasteiger partial charge in [0.15, 0.2) is 0 Å². The first-order valence-corrected chi connectivity index (χ1v) is 16.9. The third kappa shape index (κ3) is 12.3. The highest BCUT2D eigenvalue weighted by atomic mass is 35.5. The minimum atomic E-state index is -4.16. The highest BCUT2D eigenvalue weighted by Crippen LogP contribution is 2.46. The number of hydrogen-bond donors (Lipinski definition) is 2. The van der Waals surface area contributed by atoms with Crippen molar-refractivity contribution >= 4 is 55.8 Å². The summed E-state index contributed by atoms with van der Waals surface area (Å²) in [5.74, 6) is 0. The first-order valence-electron chi connectivity index (χ1n) is 12.6. The van der Waals surface area contributed by atoms with E-state index in [1.165, 1.54) is 26.5 Å². The molecule has 0 radical (unpaired) electrons. The molecule has 4 N–H and O–H groups in total. The molecule has 16 heteroatoms. The molecular formula is C27H34Cl2N2O9S3. The fourth-order valence-electron chi connectivity index (χ4n) is 4.53. The van der Waals surface area contributed by atoms with Gasteiger partial charge in [-0.05, 0) is 47.4 Å². The maximum atomic E-state index is 9.33. The van der Waals surface area contributed by atoms with Gasteiger partial charge < -0.3 is 5.48 Å². The second kappa shape index (κ2) is 17.1. The molecule has 11 nitrogen and oxygen atoms in total. The summed E-state index contributed by atoms with van der Waals surface area (Å²) in [6.07, 6.45) is 0.967. The molecule has 1 saturated heterocycles. The van der Waals surface area contributed by atoms with Crippen LogP contribution in [0.15, 0.2) is 76.5 Å². The number of hydrogen-bond acceptors (Lipinski definition) is 9. The minimum Gasteiger partial charge on any atom is -0.412 e. The van der Waals surface area contributed by atoms with E-state index in [0.29, 0.717) is 6.04 Å². The third-order valence-electron chi connectivity index (χ3n) is 6.52. The average Bonchev–Trinajstić information content (AvgIpc) is 3.11.